The van der Waals surface area contributed by atoms with Gasteiger partial charge in [0.2, 0.25) is 0 Å². The van der Waals surface area contributed by atoms with Gasteiger partial charge in [0.1, 0.15) is 6.17 Å². The Bertz CT molecular complexity index is 526. The number of likely N-dealkylation sites (tertiary alicyclic amines) is 1. The molecule has 0 aromatic heterocycles. The second-order valence-corrected chi connectivity index (χ2v) is 5.66. The van der Waals surface area contributed by atoms with E-state index >= 15 is 0 Å². The summed E-state index contributed by atoms with van der Waals surface area (Å²) in [5.74, 6) is -2.96. The second kappa shape index (κ2) is 7.29. The third-order valence-electron chi connectivity index (χ3n) is 4.11. The van der Waals surface area contributed by atoms with Gasteiger partial charge in [-0.2, -0.15) is 8.78 Å². The van der Waals surface area contributed by atoms with Gasteiger partial charge in [-0.3, -0.25) is 14.6 Å². The van der Waals surface area contributed by atoms with Crippen LogP contribution in [0.4, 0.5) is 17.6 Å². The number of hydrogen-bond acceptors (Lipinski definition) is 2. The molecule has 0 radical (unpaired) electrons. The molecule has 23 heavy (non-hydrogen) atoms. The highest BCUT2D eigenvalue weighted by atomic mass is 19.3. The SMILES string of the molecule is CCN(C(=O)CF)C(F)(F)[C@@H]1CN(Cc2ccccc2)C[C@@H]1F. The number of alkyl halides is 4. The Kier molecular flexibility index (Phi) is 5.62. The van der Waals surface area contributed by atoms with E-state index in [0.717, 1.165) is 5.56 Å². The monoisotopic (exact) mass is 332 g/mol. The molecule has 3 nitrogen and oxygen atoms in total. The predicted octanol–water partition coefficient (Wildman–Crippen LogP) is 2.87. The van der Waals surface area contributed by atoms with Gasteiger partial charge in [-0.25, -0.2) is 8.78 Å². The van der Waals surface area contributed by atoms with Crippen molar-refractivity contribution in [2.75, 3.05) is 26.3 Å². The molecule has 1 aliphatic rings. The zero-order valence-electron chi connectivity index (χ0n) is 12.9. The van der Waals surface area contributed by atoms with E-state index in [0.29, 0.717) is 6.54 Å². The van der Waals surface area contributed by atoms with Gasteiger partial charge < -0.3 is 0 Å². The third-order valence-corrected chi connectivity index (χ3v) is 4.11. The molecule has 0 saturated carbocycles. The Hall–Kier alpha value is -1.63. The molecule has 2 atom stereocenters. The normalized spacial score (nSPS) is 22.3. The maximum Gasteiger partial charge on any atom is 0.334 e. The van der Waals surface area contributed by atoms with Crippen molar-refractivity contribution in [2.24, 2.45) is 5.92 Å². The first-order valence-corrected chi connectivity index (χ1v) is 7.54. The maximum atomic E-state index is 14.5. The number of rotatable bonds is 6. The Morgan fingerprint density at radius 2 is 1.96 bits per heavy atom. The van der Waals surface area contributed by atoms with E-state index in [1.165, 1.54) is 6.92 Å². The van der Waals surface area contributed by atoms with Crippen LogP contribution in [0.25, 0.3) is 0 Å². The minimum absolute atomic E-state index is 0.128. The lowest BCUT2D eigenvalue weighted by Gasteiger charge is -2.34. The largest absolute Gasteiger partial charge is 0.334 e. The molecule has 128 valence electrons. The van der Waals surface area contributed by atoms with Gasteiger partial charge in [-0.15, -0.1) is 0 Å². The van der Waals surface area contributed by atoms with Crippen molar-refractivity contribution >= 4 is 5.91 Å². The molecule has 0 spiro atoms. The number of carbonyl (C=O) groups excluding carboxylic acids is 1. The van der Waals surface area contributed by atoms with Gasteiger partial charge in [-0.1, -0.05) is 30.3 Å². The molecule has 1 aromatic carbocycles. The van der Waals surface area contributed by atoms with Crippen molar-refractivity contribution in [3.8, 4) is 0 Å². The van der Waals surface area contributed by atoms with E-state index in [2.05, 4.69) is 0 Å². The van der Waals surface area contributed by atoms with E-state index < -0.39 is 30.7 Å². The molecule has 2 rings (SSSR count). The summed E-state index contributed by atoms with van der Waals surface area (Å²) < 4.78 is 55.6. The highest BCUT2D eigenvalue weighted by molar-refractivity contribution is 5.77. The van der Waals surface area contributed by atoms with Crippen molar-refractivity contribution in [1.82, 2.24) is 9.80 Å². The highest BCUT2D eigenvalue weighted by Gasteiger charge is 2.54. The fourth-order valence-electron chi connectivity index (χ4n) is 2.96. The van der Waals surface area contributed by atoms with E-state index in [1.807, 2.05) is 30.3 Å². The van der Waals surface area contributed by atoms with Crippen LogP contribution in [0.1, 0.15) is 12.5 Å². The minimum atomic E-state index is -3.71. The minimum Gasteiger partial charge on any atom is -0.295 e. The highest BCUT2D eigenvalue weighted by Crippen LogP contribution is 2.37. The first-order valence-electron chi connectivity index (χ1n) is 7.54. The first-order chi connectivity index (χ1) is 10.9. The van der Waals surface area contributed by atoms with Crippen LogP contribution in [-0.4, -0.2) is 54.2 Å². The molecule has 1 fully saturated rings. The zero-order chi connectivity index (χ0) is 17.0. The zero-order valence-corrected chi connectivity index (χ0v) is 12.9. The van der Waals surface area contributed by atoms with Crippen LogP contribution < -0.4 is 0 Å². The molecule has 0 aliphatic carbocycles. The molecule has 1 aromatic rings. The molecule has 0 unspecified atom stereocenters. The summed E-state index contributed by atoms with van der Waals surface area (Å²) in [5.41, 5.74) is 0.899. The van der Waals surface area contributed by atoms with Crippen LogP contribution in [0.15, 0.2) is 30.3 Å². The van der Waals surface area contributed by atoms with Crippen molar-refractivity contribution in [3.05, 3.63) is 35.9 Å². The van der Waals surface area contributed by atoms with Crippen LogP contribution in [0.2, 0.25) is 0 Å². The number of hydrogen-bond donors (Lipinski definition) is 0. The third kappa shape index (κ3) is 3.83. The van der Waals surface area contributed by atoms with Crippen molar-refractivity contribution in [1.29, 1.82) is 0 Å². The lowest BCUT2D eigenvalue weighted by atomic mass is 10.0. The summed E-state index contributed by atoms with van der Waals surface area (Å²) in [7, 11) is 0. The lowest BCUT2D eigenvalue weighted by molar-refractivity contribution is -0.200. The Labute approximate surface area is 132 Å². The van der Waals surface area contributed by atoms with Gasteiger partial charge in [-0.05, 0) is 12.5 Å². The molecule has 0 bridgehead atoms. The molecule has 1 aliphatic heterocycles. The molecule has 1 amide bonds. The van der Waals surface area contributed by atoms with Gasteiger partial charge in [0.15, 0.2) is 6.67 Å². The predicted molar refractivity (Wildman–Crippen MR) is 78.4 cm³/mol. The van der Waals surface area contributed by atoms with Crippen molar-refractivity contribution < 1.29 is 22.4 Å². The summed E-state index contributed by atoms with van der Waals surface area (Å²) in [6.07, 6.45) is -1.77. The molecule has 0 N–H and O–H groups in total. The average Bonchev–Trinajstić information content (AvgIpc) is 2.89. The van der Waals surface area contributed by atoms with E-state index in [4.69, 9.17) is 0 Å². The van der Waals surface area contributed by atoms with Gasteiger partial charge in [0, 0.05) is 26.2 Å². The number of amides is 1. The average molecular weight is 332 g/mol. The molecule has 7 heteroatoms. The maximum absolute atomic E-state index is 14.5. The number of benzene rings is 1. The van der Waals surface area contributed by atoms with Crippen LogP contribution in [0, 0.1) is 5.92 Å². The number of carbonyl (C=O) groups is 1. The van der Waals surface area contributed by atoms with Crippen LogP contribution >= 0.6 is 0 Å². The molecule has 1 saturated heterocycles. The number of nitrogens with zero attached hydrogens (tertiary/aromatic N) is 2. The lowest BCUT2D eigenvalue weighted by Crippen LogP contribution is -2.53. The Balaban J connectivity index is 2.09. The smallest absolute Gasteiger partial charge is 0.295 e. The van der Waals surface area contributed by atoms with Crippen LogP contribution in [-0.2, 0) is 11.3 Å². The summed E-state index contributed by atoms with van der Waals surface area (Å²) in [4.78, 5) is 13.1. The van der Waals surface area contributed by atoms with Gasteiger partial charge in [0.25, 0.3) is 5.91 Å². The summed E-state index contributed by atoms with van der Waals surface area (Å²) in [6, 6.07) is 5.45. The quantitative estimate of drug-likeness (QED) is 0.591. The summed E-state index contributed by atoms with van der Waals surface area (Å²) in [5, 5.41) is 0. The second-order valence-electron chi connectivity index (χ2n) is 5.66. The van der Waals surface area contributed by atoms with Crippen molar-refractivity contribution in [3.63, 3.8) is 0 Å². The number of halogens is 4. The Morgan fingerprint density at radius 3 is 2.52 bits per heavy atom. The molecular weight excluding hydrogens is 312 g/mol. The van der Waals surface area contributed by atoms with Crippen LogP contribution in [0.3, 0.4) is 0 Å². The van der Waals surface area contributed by atoms with Gasteiger partial charge >= 0.3 is 6.05 Å². The molecule has 1 heterocycles. The fourth-order valence-corrected chi connectivity index (χ4v) is 2.96. The Morgan fingerprint density at radius 1 is 1.30 bits per heavy atom. The fraction of sp³-hybridized carbons (Fsp3) is 0.562. The van der Waals surface area contributed by atoms with Gasteiger partial charge in [0.05, 0.1) is 5.92 Å². The standard InChI is InChI=1S/C16H20F4N2O/c1-2-22(15(23)8-17)16(19,20)13-10-21(11-14(13)18)9-12-6-4-3-5-7-12/h3-7,13-14H,2,8-11H2,1H3/t13-,14+/m1/s1. The van der Waals surface area contributed by atoms with Crippen LogP contribution in [0.5, 0.6) is 0 Å². The summed E-state index contributed by atoms with van der Waals surface area (Å²) >= 11 is 0. The van der Waals surface area contributed by atoms with E-state index in [1.54, 1.807) is 4.90 Å². The first kappa shape index (κ1) is 17.7. The van der Waals surface area contributed by atoms with E-state index in [-0.39, 0.29) is 24.5 Å². The molecular formula is C16H20F4N2O. The summed E-state index contributed by atoms with van der Waals surface area (Å²) in [6.45, 7) is -0.503. The van der Waals surface area contributed by atoms with E-state index in [9.17, 15) is 22.4 Å². The topological polar surface area (TPSA) is 23.6 Å². The van der Waals surface area contributed by atoms with Crippen molar-refractivity contribution in [2.45, 2.75) is 25.7 Å².